The molecule has 78 valence electrons. The number of rotatable bonds is 6. The lowest BCUT2D eigenvalue weighted by Crippen LogP contribution is -2.27. The maximum atomic E-state index is 10.7. The van der Waals surface area contributed by atoms with Crippen LogP contribution in [0.1, 0.15) is 13.8 Å². The van der Waals surface area contributed by atoms with E-state index in [1.807, 2.05) is 0 Å². The first-order valence-electron chi connectivity index (χ1n) is 4.04. The molecule has 0 aromatic rings. The summed E-state index contributed by atoms with van der Waals surface area (Å²) in [5, 5.41) is 17.2. The van der Waals surface area contributed by atoms with Gasteiger partial charge in [-0.05, 0) is 6.92 Å². The smallest absolute Gasteiger partial charge is 0.319 e. The van der Waals surface area contributed by atoms with Gasteiger partial charge in [-0.1, -0.05) is 6.92 Å². The lowest BCUT2D eigenvalue weighted by molar-refractivity contribution is -0.137. The summed E-state index contributed by atoms with van der Waals surface area (Å²) >= 11 is 1.21. The van der Waals surface area contributed by atoms with Crippen LogP contribution < -0.4 is 0 Å². The molecule has 0 aliphatic rings. The van der Waals surface area contributed by atoms with Crippen LogP contribution in [0.5, 0.6) is 0 Å². The Labute approximate surface area is 82.3 Å². The first-order chi connectivity index (χ1) is 5.99. The van der Waals surface area contributed by atoms with Gasteiger partial charge in [-0.2, -0.15) is 0 Å². The molecule has 0 aliphatic heterocycles. The second-order valence-corrected chi connectivity index (χ2v) is 4.45. The Hall–Kier alpha value is -0.260. The Morgan fingerprint density at radius 3 is 2.38 bits per heavy atom. The molecule has 0 saturated carbocycles. The van der Waals surface area contributed by atoms with Crippen molar-refractivity contribution in [3.8, 4) is 0 Å². The first kappa shape index (κ1) is 12.7. The highest BCUT2D eigenvalue weighted by atomic mass is 32.2. The number of ether oxygens (including phenoxy) is 1. The van der Waals surface area contributed by atoms with E-state index in [4.69, 9.17) is 14.9 Å². The molecule has 5 heteroatoms. The fraction of sp³-hybridized carbons (Fsp3) is 0.875. The van der Waals surface area contributed by atoms with Gasteiger partial charge in [0.15, 0.2) is 0 Å². The maximum absolute atomic E-state index is 10.7. The third kappa shape index (κ3) is 5.13. The molecule has 3 atom stereocenters. The van der Waals surface area contributed by atoms with Crippen LogP contribution in [0.3, 0.4) is 0 Å². The molecule has 4 nitrogen and oxygen atoms in total. The predicted octanol–water partition coefficient (Wildman–Crippen LogP) is 0.589. The molecule has 0 aromatic carbocycles. The summed E-state index contributed by atoms with van der Waals surface area (Å²) in [6, 6.07) is 0. The van der Waals surface area contributed by atoms with Gasteiger partial charge in [-0.25, -0.2) is 0 Å². The second-order valence-electron chi connectivity index (χ2n) is 2.86. The van der Waals surface area contributed by atoms with Crippen LogP contribution in [0.2, 0.25) is 0 Å². The number of hydrogen-bond acceptors (Lipinski definition) is 4. The van der Waals surface area contributed by atoms with Crippen molar-refractivity contribution in [2.24, 2.45) is 0 Å². The van der Waals surface area contributed by atoms with Gasteiger partial charge in [-0.15, -0.1) is 11.8 Å². The van der Waals surface area contributed by atoms with Crippen molar-refractivity contribution in [3.63, 3.8) is 0 Å². The average molecular weight is 208 g/mol. The monoisotopic (exact) mass is 208 g/mol. The van der Waals surface area contributed by atoms with Gasteiger partial charge in [0.1, 0.15) is 5.25 Å². The van der Waals surface area contributed by atoms with Gasteiger partial charge < -0.3 is 14.9 Å². The summed E-state index contributed by atoms with van der Waals surface area (Å²) in [7, 11) is 1.46. The van der Waals surface area contributed by atoms with Crippen molar-refractivity contribution < 1.29 is 19.7 Å². The zero-order chi connectivity index (χ0) is 10.4. The van der Waals surface area contributed by atoms with Crippen LogP contribution in [-0.2, 0) is 9.53 Å². The van der Waals surface area contributed by atoms with Crippen LogP contribution in [0.25, 0.3) is 0 Å². The molecule has 0 spiro atoms. The molecule has 13 heavy (non-hydrogen) atoms. The van der Waals surface area contributed by atoms with Crippen LogP contribution in [0, 0.1) is 0 Å². The minimum atomic E-state index is -0.903. The van der Waals surface area contributed by atoms with Crippen molar-refractivity contribution in [2.75, 3.05) is 13.7 Å². The van der Waals surface area contributed by atoms with E-state index in [0.29, 0.717) is 0 Å². The number of hydrogen-bond donors (Lipinski definition) is 2. The van der Waals surface area contributed by atoms with E-state index < -0.39 is 17.3 Å². The van der Waals surface area contributed by atoms with Crippen molar-refractivity contribution in [2.45, 2.75) is 30.5 Å². The molecule has 0 radical (unpaired) electrons. The summed E-state index contributed by atoms with van der Waals surface area (Å²) < 4.78 is 4.76. The molecular formula is C8H16O4S. The largest absolute Gasteiger partial charge is 0.480 e. The Kier molecular flexibility index (Phi) is 6.11. The van der Waals surface area contributed by atoms with E-state index in [-0.39, 0.29) is 11.9 Å². The first-order valence-corrected chi connectivity index (χ1v) is 4.98. The molecule has 2 N–H and O–H groups in total. The number of methoxy groups -OCH3 is 1. The number of carboxylic acids is 1. The zero-order valence-corrected chi connectivity index (χ0v) is 8.87. The number of aliphatic carboxylic acids is 1. The molecule has 0 rings (SSSR count). The Morgan fingerprint density at radius 1 is 1.54 bits per heavy atom. The molecule has 0 aromatic heterocycles. The molecule has 0 heterocycles. The minimum absolute atomic E-state index is 0.101. The third-order valence-electron chi connectivity index (χ3n) is 1.65. The Morgan fingerprint density at radius 2 is 2.08 bits per heavy atom. The Bertz CT molecular complexity index is 160. The number of aliphatic hydroxyl groups excluding tert-OH is 1. The summed E-state index contributed by atoms with van der Waals surface area (Å²) in [4.78, 5) is 10.7. The van der Waals surface area contributed by atoms with E-state index in [9.17, 15) is 4.79 Å². The van der Waals surface area contributed by atoms with Crippen molar-refractivity contribution >= 4 is 17.7 Å². The molecule has 0 aliphatic carbocycles. The van der Waals surface area contributed by atoms with Crippen LogP contribution in [0.15, 0.2) is 0 Å². The highest BCUT2D eigenvalue weighted by molar-refractivity contribution is 8.01. The maximum Gasteiger partial charge on any atom is 0.319 e. The number of thioether (sulfide) groups is 1. The van der Waals surface area contributed by atoms with Gasteiger partial charge in [0.2, 0.25) is 0 Å². The quantitative estimate of drug-likeness (QED) is 0.668. The highest BCUT2D eigenvalue weighted by Gasteiger charge is 2.22. The van der Waals surface area contributed by atoms with Gasteiger partial charge in [-0.3, -0.25) is 4.79 Å². The van der Waals surface area contributed by atoms with E-state index in [0.717, 1.165) is 0 Å². The van der Waals surface area contributed by atoms with Gasteiger partial charge in [0.05, 0.1) is 12.7 Å². The fourth-order valence-electron chi connectivity index (χ4n) is 0.693. The highest BCUT2D eigenvalue weighted by Crippen LogP contribution is 2.20. The van der Waals surface area contributed by atoms with Gasteiger partial charge >= 0.3 is 5.97 Å². The lowest BCUT2D eigenvalue weighted by Gasteiger charge is -2.18. The topological polar surface area (TPSA) is 66.8 Å². The van der Waals surface area contributed by atoms with Crippen molar-refractivity contribution in [1.82, 2.24) is 0 Å². The molecule has 3 unspecified atom stereocenters. The lowest BCUT2D eigenvalue weighted by atomic mass is 10.3. The van der Waals surface area contributed by atoms with Gasteiger partial charge in [0.25, 0.3) is 0 Å². The van der Waals surface area contributed by atoms with Crippen molar-refractivity contribution in [1.29, 1.82) is 0 Å². The van der Waals surface area contributed by atoms with E-state index >= 15 is 0 Å². The third-order valence-corrected chi connectivity index (χ3v) is 3.14. The van der Waals surface area contributed by atoms with Crippen LogP contribution >= 0.6 is 11.8 Å². The molecule has 0 saturated heterocycles. The van der Waals surface area contributed by atoms with E-state index in [2.05, 4.69) is 0 Å². The second kappa shape index (κ2) is 6.23. The fourth-order valence-corrected chi connectivity index (χ4v) is 1.77. The summed E-state index contributed by atoms with van der Waals surface area (Å²) in [6.45, 7) is 3.60. The molecular weight excluding hydrogens is 192 g/mol. The van der Waals surface area contributed by atoms with Crippen LogP contribution in [-0.4, -0.2) is 46.5 Å². The van der Waals surface area contributed by atoms with Crippen LogP contribution in [0.4, 0.5) is 0 Å². The summed E-state index contributed by atoms with van der Waals surface area (Å²) in [5.41, 5.74) is 0. The van der Waals surface area contributed by atoms with Crippen molar-refractivity contribution in [3.05, 3.63) is 0 Å². The van der Waals surface area contributed by atoms with E-state index in [1.54, 1.807) is 13.8 Å². The molecule has 0 fully saturated rings. The molecule has 0 bridgehead atoms. The minimum Gasteiger partial charge on any atom is -0.480 e. The SMILES string of the molecule is COCC(SC(C)C(C)O)C(=O)O. The zero-order valence-electron chi connectivity index (χ0n) is 8.06. The number of carboxylic acid groups (broad SMARTS) is 1. The van der Waals surface area contributed by atoms with Gasteiger partial charge in [0, 0.05) is 12.4 Å². The molecule has 0 amide bonds. The summed E-state index contributed by atoms with van der Waals surface area (Å²) in [5.74, 6) is -0.903. The normalized spacial score (nSPS) is 17.8. The number of aliphatic hydroxyl groups is 1. The average Bonchev–Trinajstić information content (AvgIpc) is 2.03. The standard InChI is InChI=1S/C8H16O4S/c1-5(9)6(2)13-7(4-12-3)8(10)11/h5-7,9H,4H2,1-3H3,(H,10,11). The predicted molar refractivity (Wildman–Crippen MR) is 52.0 cm³/mol. The summed E-state index contributed by atoms with van der Waals surface area (Å²) in [6.07, 6.45) is -0.510. The Balaban J connectivity index is 4.01. The number of carbonyl (C=O) groups is 1. The van der Waals surface area contributed by atoms with E-state index in [1.165, 1.54) is 18.9 Å².